The van der Waals surface area contributed by atoms with Crippen LogP contribution >= 0.6 is 0 Å². The molecule has 3 rings (SSSR count). The summed E-state index contributed by atoms with van der Waals surface area (Å²) in [6, 6.07) is 0. The van der Waals surface area contributed by atoms with Crippen LogP contribution in [0.3, 0.4) is 0 Å². The fourth-order valence-electron chi connectivity index (χ4n) is 2.48. The first kappa shape index (κ1) is 12.1. The summed E-state index contributed by atoms with van der Waals surface area (Å²) < 4.78 is 5.29. The van der Waals surface area contributed by atoms with Crippen molar-refractivity contribution < 1.29 is 4.52 Å². The van der Waals surface area contributed by atoms with Crippen molar-refractivity contribution in [2.75, 3.05) is 20.1 Å². The summed E-state index contributed by atoms with van der Waals surface area (Å²) in [5.41, 5.74) is 0.299. The van der Waals surface area contributed by atoms with E-state index in [4.69, 9.17) is 4.52 Å². The Labute approximate surface area is 108 Å². The van der Waals surface area contributed by atoms with E-state index in [-0.39, 0.29) is 0 Å². The predicted octanol–water partition coefficient (Wildman–Crippen LogP) is 1.52. The van der Waals surface area contributed by atoms with Gasteiger partial charge in [-0.05, 0) is 39.7 Å². The SMILES string of the molecule is CNC1(C)CCN(Cc2noc(C3CC3)n2)CC1. The first-order valence-corrected chi connectivity index (χ1v) is 6.92. The lowest BCUT2D eigenvalue weighted by molar-refractivity contribution is 0.142. The van der Waals surface area contributed by atoms with E-state index in [0.717, 1.165) is 31.3 Å². The Kier molecular flexibility index (Phi) is 3.11. The summed E-state index contributed by atoms with van der Waals surface area (Å²) in [6.45, 7) is 5.33. The fraction of sp³-hybridized carbons (Fsp3) is 0.846. The Balaban J connectivity index is 1.53. The monoisotopic (exact) mass is 250 g/mol. The number of aromatic nitrogens is 2. The fourth-order valence-corrected chi connectivity index (χ4v) is 2.48. The van der Waals surface area contributed by atoms with Gasteiger partial charge < -0.3 is 9.84 Å². The van der Waals surface area contributed by atoms with Crippen LogP contribution in [0.15, 0.2) is 4.52 Å². The molecular weight excluding hydrogens is 228 g/mol. The first-order chi connectivity index (χ1) is 8.68. The van der Waals surface area contributed by atoms with E-state index in [1.54, 1.807) is 0 Å². The normalized spacial score (nSPS) is 24.3. The van der Waals surface area contributed by atoms with Gasteiger partial charge in [0.25, 0.3) is 0 Å². The van der Waals surface area contributed by atoms with Gasteiger partial charge in [0.2, 0.25) is 5.89 Å². The molecule has 2 fully saturated rings. The minimum atomic E-state index is 0.299. The zero-order valence-electron chi connectivity index (χ0n) is 11.3. The highest BCUT2D eigenvalue weighted by Gasteiger charge is 2.31. The molecule has 0 aromatic carbocycles. The quantitative estimate of drug-likeness (QED) is 0.878. The molecule has 0 spiro atoms. The molecule has 1 aromatic rings. The van der Waals surface area contributed by atoms with Gasteiger partial charge in [0, 0.05) is 24.5 Å². The van der Waals surface area contributed by atoms with Crippen LogP contribution in [0.5, 0.6) is 0 Å². The van der Waals surface area contributed by atoms with Crippen molar-refractivity contribution >= 4 is 0 Å². The van der Waals surface area contributed by atoms with E-state index in [0.29, 0.717) is 11.5 Å². The molecule has 5 nitrogen and oxygen atoms in total. The Morgan fingerprint density at radius 1 is 1.39 bits per heavy atom. The number of hydrogen-bond acceptors (Lipinski definition) is 5. The third kappa shape index (κ3) is 2.57. The maximum atomic E-state index is 5.29. The largest absolute Gasteiger partial charge is 0.339 e. The zero-order chi connectivity index (χ0) is 12.6. The summed E-state index contributed by atoms with van der Waals surface area (Å²) in [6.07, 6.45) is 4.78. The summed E-state index contributed by atoms with van der Waals surface area (Å²) in [4.78, 5) is 6.91. The lowest BCUT2D eigenvalue weighted by Crippen LogP contribution is -2.49. The van der Waals surface area contributed by atoms with Gasteiger partial charge in [-0.25, -0.2) is 0 Å². The summed E-state index contributed by atoms with van der Waals surface area (Å²) in [5, 5.41) is 7.50. The van der Waals surface area contributed by atoms with E-state index in [1.807, 2.05) is 0 Å². The van der Waals surface area contributed by atoms with E-state index >= 15 is 0 Å². The molecule has 100 valence electrons. The Morgan fingerprint density at radius 2 is 2.11 bits per heavy atom. The highest BCUT2D eigenvalue weighted by molar-refractivity contribution is 5.02. The maximum Gasteiger partial charge on any atom is 0.229 e. The van der Waals surface area contributed by atoms with Gasteiger partial charge in [-0.3, -0.25) is 4.90 Å². The van der Waals surface area contributed by atoms with Gasteiger partial charge in [-0.2, -0.15) is 4.98 Å². The van der Waals surface area contributed by atoms with Crippen LogP contribution in [0.1, 0.15) is 50.2 Å². The number of nitrogens with one attached hydrogen (secondary N) is 1. The van der Waals surface area contributed by atoms with Crippen LogP contribution in [0.25, 0.3) is 0 Å². The van der Waals surface area contributed by atoms with Crippen molar-refractivity contribution in [3.8, 4) is 0 Å². The first-order valence-electron chi connectivity index (χ1n) is 6.92. The van der Waals surface area contributed by atoms with E-state index < -0.39 is 0 Å². The highest BCUT2D eigenvalue weighted by Crippen LogP contribution is 2.38. The molecule has 18 heavy (non-hydrogen) atoms. The number of piperidine rings is 1. The average molecular weight is 250 g/mol. The predicted molar refractivity (Wildman–Crippen MR) is 68.2 cm³/mol. The molecule has 1 aliphatic heterocycles. The molecule has 2 heterocycles. The summed E-state index contributed by atoms with van der Waals surface area (Å²) >= 11 is 0. The molecule has 1 aromatic heterocycles. The topological polar surface area (TPSA) is 54.2 Å². The Morgan fingerprint density at radius 3 is 2.72 bits per heavy atom. The third-order valence-electron chi connectivity index (χ3n) is 4.34. The van der Waals surface area contributed by atoms with Gasteiger partial charge >= 0.3 is 0 Å². The number of nitrogens with zero attached hydrogens (tertiary/aromatic N) is 3. The van der Waals surface area contributed by atoms with Gasteiger partial charge in [-0.1, -0.05) is 5.16 Å². The van der Waals surface area contributed by atoms with Crippen molar-refractivity contribution in [2.45, 2.75) is 50.6 Å². The Bertz CT molecular complexity index is 405. The van der Waals surface area contributed by atoms with E-state index in [1.165, 1.54) is 25.7 Å². The highest BCUT2D eigenvalue weighted by atomic mass is 16.5. The molecule has 0 atom stereocenters. The standard InChI is InChI=1S/C13H22N4O/c1-13(14-2)5-7-17(8-6-13)9-11-15-12(18-16-11)10-3-4-10/h10,14H,3-9H2,1-2H3. The van der Waals surface area contributed by atoms with Crippen molar-refractivity contribution in [1.82, 2.24) is 20.4 Å². The molecule has 0 unspecified atom stereocenters. The lowest BCUT2D eigenvalue weighted by Gasteiger charge is -2.38. The van der Waals surface area contributed by atoms with Gasteiger partial charge in [0.1, 0.15) is 0 Å². The molecule has 0 bridgehead atoms. The number of likely N-dealkylation sites (tertiary alicyclic amines) is 1. The van der Waals surface area contributed by atoms with Crippen molar-refractivity contribution in [2.24, 2.45) is 0 Å². The van der Waals surface area contributed by atoms with Crippen LogP contribution < -0.4 is 5.32 Å². The summed E-state index contributed by atoms with van der Waals surface area (Å²) in [5.74, 6) is 2.26. The molecule has 0 radical (unpaired) electrons. The molecule has 5 heteroatoms. The van der Waals surface area contributed by atoms with Gasteiger partial charge in [-0.15, -0.1) is 0 Å². The zero-order valence-corrected chi connectivity index (χ0v) is 11.3. The second kappa shape index (κ2) is 4.63. The lowest BCUT2D eigenvalue weighted by atomic mass is 9.90. The molecule has 1 aliphatic carbocycles. The van der Waals surface area contributed by atoms with Crippen LogP contribution in [0.4, 0.5) is 0 Å². The van der Waals surface area contributed by atoms with Crippen LogP contribution in [0, 0.1) is 0 Å². The third-order valence-corrected chi connectivity index (χ3v) is 4.34. The second-order valence-electron chi connectivity index (χ2n) is 5.91. The van der Waals surface area contributed by atoms with Crippen LogP contribution in [-0.2, 0) is 6.54 Å². The second-order valence-corrected chi connectivity index (χ2v) is 5.91. The van der Waals surface area contributed by atoms with Crippen molar-refractivity contribution in [3.63, 3.8) is 0 Å². The van der Waals surface area contributed by atoms with Crippen LogP contribution in [-0.4, -0.2) is 40.7 Å². The van der Waals surface area contributed by atoms with Crippen molar-refractivity contribution in [1.29, 1.82) is 0 Å². The number of rotatable bonds is 4. The van der Waals surface area contributed by atoms with Gasteiger partial charge in [0.15, 0.2) is 5.82 Å². The maximum absolute atomic E-state index is 5.29. The molecule has 2 aliphatic rings. The summed E-state index contributed by atoms with van der Waals surface area (Å²) in [7, 11) is 2.05. The molecule has 1 saturated heterocycles. The van der Waals surface area contributed by atoms with Crippen LogP contribution in [0.2, 0.25) is 0 Å². The average Bonchev–Trinajstić information content (AvgIpc) is 3.14. The molecular formula is C13H22N4O. The van der Waals surface area contributed by atoms with Gasteiger partial charge in [0.05, 0.1) is 6.54 Å². The molecule has 0 amide bonds. The number of hydrogen-bond donors (Lipinski definition) is 1. The van der Waals surface area contributed by atoms with Crippen molar-refractivity contribution in [3.05, 3.63) is 11.7 Å². The smallest absolute Gasteiger partial charge is 0.229 e. The van der Waals surface area contributed by atoms with E-state index in [2.05, 4.69) is 34.3 Å². The minimum Gasteiger partial charge on any atom is -0.339 e. The minimum absolute atomic E-state index is 0.299. The molecule has 1 saturated carbocycles. The molecule has 1 N–H and O–H groups in total. The van der Waals surface area contributed by atoms with E-state index in [9.17, 15) is 0 Å². The Hall–Kier alpha value is -0.940.